The maximum atomic E-state index is 12.3. The third kappa shape index (κ3) is 6.31. The Balaban J connectivity index is 0.000000286. The van der Waals surface area contributed by atoms with Gasteiger partial charge in [-0.25, -0.2) is 4.98 Å². The van der Waals surface area contributed by atoms with Gasteiger partial charge in [0.2, 0.25) is 5.91 Å². The zero-order chi connectivity index (χ0) is 24.0. The minimum absolute atomic E-state index is 0.00558. The van der Waals surface area contributed by atoms with Gasteiger partial charge in [0.05, 0.1) is 18.3 Å². The molecule has 0 saturated carbocycles. The number of rotatable bonds is 6. The average molecular weight is 473 g/mol. The summed E-state index contributed by atoms with van der Waals surface area (Å²) in [5, 5.41) is 0.875. The van der Waals surface area contributed by atoms with E-state index in [1.54, 1.807) is 24.3 Å². The number of hydrogen-bond acceptors (Lipinski definition) is 5. The first-order valence-corrected chi connectivity index (χ1v) is 11.7. The second-order valence-electron chi connectivity index (χ2n) is 8.70. The largest absolute Gasteiger partial charge is 0.376 e. The third-order valence-electron chi connectivity index (χ3n) is 6.11. The minimum atomic E-state index is -0.0454. The number of ketones is 1. The molecule has 4 rings (SSSR count). The fourth-order valence-electron chi connectivity index (χ4n) is 4.08. The van der Waals surface area contributed by atoms with Gasteiger partial charge >= 0.3 is 0 Å². The maximum absolute atomic E-state index is 12.3. The summed E-state index contributed by atoms with van der Waals surface area (Å²) >= 11 is 5.82. The molecule has 0 bridgehead atoms. The predicted octanol–water partition coefficient (Wildman–Crippen LogP) is 3.61. The Bertz CT molecular complexity index is 1010. The van der Waals surface area contributed by atoms with Gasteiger partial charge in [0.25, 0.3) is 0 Å². The van der Waals surface area contributed by atoms with Gasteiger partial charge in [-0.3, -0.25) is 14.5 Å². The molecule has 2 aliphatic heterocycles. The number of amides is 1. The van der Waals surface area contributed by atoms with Gasteiger partial charge in [0.15, 0.2) is 5.78 Å². The highest BCUT2D eigenvalue weighted by Gasteiger charge is 2.37. The van der Waals surface area contributed by atoms with Crippen molar-refractivity contribution in [3.05, 3.63) is 64.7 Å². The van der Waals surface area contributed by atoms with Crippen LogP contribution < -0.4 is 0 Å². The van der Waals surface area contributed by atoms with Crippen LogP contribution in [0.25, 0.3) is 0 Å². The van der Waals surface area contributed by atoms with Gasteiger partial charge in [-0.15, -0.1) is 0 Å². The first kappa shape index (κ1) is 25.1. The number of ether oxygens (including phenoxy) is 1. The molecule has 0 aliphatic carbocycles. The zero-order valence-corrected chi connectivity index (χ0v) is 20.6. The van der Waals surface area contributed by atoms with E-state index >= 15 is 0 Å². The lowest BCUT2D eigenvalue weighted by Gasteiger charge is -2.46. The lowest BCUT2D eigenvalue weighted by atomic mass is 9.97. The van der Waals surface area contributed by atoms with E-state index in [1.807, 2.05) is 34.9 Å². The van der Waals surface area contributed by atoms with Crippen molar-refractivity contribution in [2.45, 2.75) is 45.9 Å². The van der Waals surface area contributed by atoms with Gasteiger partial charge in [-0.1, -0.05) is 42.8 Å². The molecule has 7 nitrogen and oxygen atoms in total. The van der Waals surface area contributed by atoms with Crippen LogP contribution in [0.2, 0.25) is 5.02 Å². The van der Waals surface area contributed by atoms with E-state index in [2.05, 4.69) is 23.7 Å². The normalized spacial score (nSPS) is 17.2. The molecule has 0 atom stereocenters. The van der Waals surface area contributed by atoms with Crippen LogP contribution in [0.15, 0.2) is 42.6 Å². The highest BCUT2D eigenvalue weighted by Crippen LogP contribution is 2.23. The highest BCUT2D eigenvalue weighted by atomic mass is 35.5. The number of carbonyl (C=O) groups is 2. The van der Waals surface area contributed by atoms with Gasteiger partial charge < -0.3 is 14.2 Å². The summed E-state index contributed by atoms with van der Waals surface area (Å²) in [6.45, 7) is 9.90. The number of fused-ring (bicyclic) bond motifs is 1. The topological polar surface area (TPSA) is 67.7 Å². The molecule has 0 N–H and O–H groups in total. The van der Waals surface area contributed by atoms with Gasteiger partial charge in [0, 0.05) is 57.9 Å². The van der Waals surface area contributed by atoms with E-state index < -0.39 is 0 Å². The molecule has 1 aromatic carbocycles. The number of carbonyl (C=O) groups excluding carboxylic acids is 2. The van der Waals surface area contributed by atoms with Gasteiger partial charge in [-0.05, 0) is 25.0 Å². The molecule has 33 heavy (non-hydrogen) atoms. The van der Waals surface area contributed by atoms with Crippen LogP contribution in [0.3, 0.4) is 0 Å². The molecule has 2 aromatic rings. The quantitative estimate of drug-likeness (QED) is 0.474. The van der Waals surface area contributed by atoms with E-state index in [9.17, 15) is 9.59 Å². The lowest BCUT2D eigenvalue weighted by molar-refractivity contribution is -0.127. The number of nitrogens with zero attached hydrogens (tertiary/aromatic N) is 4. The van der Waals surface area contributed by atoms with E-state index in [-0.39, 0.29) is 17.3 Å². The second-order valence-corrected chi connectivity index (χ2v) is 9.11. The number of benzene rings is 1. The number of likely N-dealkylation sites (tertiary alicyclic amines) is 1. The SMILES string of the molecule is CCc1ccccc1Cl.COC1(C)CN(C/C=C/C(=O)N2CCn3c(C(C)=O)cnc3C2)C1. The molecule has 2 aliphatic rings. The van der Waals surface area contributed by atoms with Crippen LogP contribution in [0.5, 0.6) is 0 Å². The minimum Gasteiger partial charge on any atom is -0.376 e. The monoisotopic (exact) mass is 472 g/mol. The first-order chi connectivity index (χ1) is 15.8. The number of aromatic nitrogens is 2. The Morgan fingerprint density at radius 2 is 1.97 bits per heavy atom. The Kier molecular flexibility index (Phi) is 8.46. The Labute approximate surface area is 201 Å². The van der Waals surface area contributed by atoms with E-state index in [1.165, 1.54) is 12.5 Å². The smallest absolute Gasteiger partial charge is 0.246 e. The summed E-state index contributed by atoms with van der Waals surface area (Å²) < 4.78 is 7.31. The second kappa shape index (κ2) is 11.1. The molecule has 1 saturated heterocycles. The van der Waals surface area contributed by atoms with Crippen molar-refractivity contribution in [2.75, 3.05) is 33.3 Å². The highest BCUT2D eigenvalue weighted by molar-refractivity contribution is 6.31. The Morgan fingerprint density at radius 1 is 1.24 bits per heavy atom. The molecular weight excluding hydrogens is 440 g/mol. The van der Waals surface area contributed by atoms with Crippen molar-refractivity contribution >= 4 is 23.3 Å². The first-order valence-electron chi connectivity index (χ1n) is 11.3. The number of hydrogen-bond donors (Lipinski definition) is 0. The molecule has 0 spiro atoms. The molecule has 1 fully saturated rings. The predicted molar refractivity (Wildman–Crippen MR) is 129 cm³/mol. The summed E-state index contributed by atoms with van der Waals surface area (Å²) in [5.74, 6) is 0.765. The Hall–Kier alpha value is -2.48. The van der Waals surface area contributed by atoms with Crippen molar-refractivity contribution < 1.29 is 14.3 Å². The van der Waals surface area contributed by atoms with Crippen LogP contribution in [0.1, 0.15) is 42.6 Å². The summed E-state index contributed by atoms with van der Waals surface area (Å²) in [6, 6.07) is 7.91. The van der Waals surface area contributed by atoms with E-state index in [0.29, 0.717) is 25.3 Å². The summed E-state index contributed by atoms with van der Waals surface area (Å²) in [5.41, 5.74) is 1.79. The van der Waals surface area contributed by atoms with Crippen LogP contribution in [0, 0.1) is 0 Å². The van der Waals surface area contributed by atoms with Crippen LogP contribution in [-0.2, 0) is 29.0 Å². The molecule has 0 radical (unpaired) electrons. The number of Topliss-reactive ketones (excluding diaryl/α,β-unsaturated/α-hetero) is 1. The van der Waals surface area contributed by atoms with Crippen molar-refractivity contribution in [1.82, 2.24) is 19.4 Å². The molecular formula is C25H33ClN4O3. The fourth-order valence-corrected chi connectivity index (χ4v) is 4.35. The van der Waals surface area contributed by atoms with Crippen molar-refractivity contribution in [3.8, 4) is 0 Å². The molecule has 3 heterocycles. The van der Waals surface area contributed by atoms with E-state index in [0.717, 1.165) is 36.9 Å². The Morgan fingerprint density at radius 3 is 2.58 bits per heavy atom. The van der Waals surface area contributed by atoms with E-state index in [4.69, 9.17) is 16.3 Å². The van der Waals surface area contributed by atoms with Crippen LogP contribution >= 0.6 is 11.6 Å². The average Bonchev–Trinajstić information content (AvgIpc) is 3.22. The molecule has 178 valence electrons. The lowest BCUT2D eigenvalue weighted by Crippen LogP contribution is -2.60. The standard InChI is InChI=1S/C17H24N4O3.C8H9Cl/c1-13(22)14-9-18-15-10-20(7-8-21(14)15)16(23)5-4-6-19-11-17(2,12-19)24-3;1-2-7-5-3-4-6-8(7)9/h4-5,9H,6-8,10-12H2,1-3H3;3-6H,2H2,1H3/b5-4+;. The number of halogens is 1. The number of imidazole rings is 1. The summed E-state index contributed by atoms with van der Waals surface area (Å²) in [7, 11) is 1.73. The molecule has 8 heteroatoms. The maximum Gasteiger partial charge on any atom is 0.246 e. The van der Waals surface area contributed by atoms with Crippen molar-refractivity contribution in [1.29, 1.82) is 0 Å². The summed E-state index contributed by atoms with van der Waals surface area (Å²) in [6.07, 6.45) is 6.14. The molecule has 1 amide bonds. The number of aryl methyl sites for hydroxylation is 1. The fraction of sp³-hybridized carbons (Fsp3) is 0.480. The molecule has 1 aromatic heterocycles. The van der Waals surface area contributed by atoms with Crippen molar-refractivity contribution in [2.24, 2.45) is 0 Å². The van der Waals surface area contributed by atoms with Crippen LogP contribution in [0.4, 0.5) is 0 Å². The summed E-state index contributed by atoms with van der Waals surface area (Å²) in [4.78, 5) is 32.1. The molecule has 0 unspecified atom stereocenters. The third-order valence-corrected chi connectivity index (χ3v) is 6.48. The van der Waals surface area contributed by atoms with Crippen LogP contribution in [-0.4, -0.2) is 69.9 Å². The van der Waals surface area contributed by atoms with Crippen molar-refractivity contribution in [3.63, 3.8) is 0 Å². The van der Waals surface area contributed by atoms with Gasteiger partial charge in [-0.2, -0.15) is 0 Å². The van der Waals surface area contributed by atoms with Gasteiger partial charge in [0.1, 0.15) is 11.5 Å². The zero-order valence-electron chi connectivity index (χ0n) is 19.9. The number of methoxy groups -OCH3 is 1.